The Kier molecular flexibility index (Phi) is 208. The maximum absolute atomic E-state index is 8.18. The quantitative estimate of drug-likeness (QED) is 0.483. The van der Waals surface area contributed by atoms with Crippen molar-refractivity contribution in [1.29, 1.82) is 0 Å². The zero-order chi connectivity index (χ0) is 2.00. The second-order valence-corrected chi connectivity index (χ2v) is 0. The summed E-state index contributed by atoms with van der Waals surface area (Å²) in [4.78, 5) is 0. The van der Waals surface area contributed by atoms with E-state index >= 15 is 0 Å². The van der Waals surface area contributed by atoms with E-state index in [0.29, 0.717) is 0 Å². The molecule has 0 unspecified atom stereocenters. The van der Waals surface area contributed by atoms with Gasteiger partial charge < -0.3 is 5.48 Å². The zero-order valence-corrected chi connectivity index (χ0v) is 4.47. The molecule has 0 N–H and O–H groups in total. The van der Waals surface area contributed by atoms with Crippen molar-refractivity contribution < 1.29 is 44.4 Å². The van der Waals surface area contributed by atoms with Crippen molar-refractivity contribution in [3.63, 3.8) is 0 Å². The van der Waals surface area contributed by atoms with Crippen LogP contribution in [0.4, 0.5) is 0 Å². The van der Waals surface area contributed by atoms with Crippen LogP contribution in [0.3, 0.4) is 0 Å². The maximum atomic E-state index is 8.18. The van der Waals surface area contributed by atoms with Gasteiger partial charge in [-0.25, -0.2) is 0 Å². The van der Waals surface area contributed by atoms with Crippen molar-refractivity contribution in [2.45, 2.75) is 0 Å². The third kappa shape index (κ3) is 12.9. The van der Waals surface area contributed by atoms with E-state index in [4.69, 9.17) is 3.57 Å². The van der Waals surface area contributed by atoms with Crippen LogP contribution in [0, 0.1) is 0 Å². The van der Waals surface area contributed by atoms with Crippen molar-refractivity contribution >= 4 is 0 Å². The van der Waals surface area contributed by atoms with E-state index in [1.54, 1.807) is 0 Å². The number of rotatable bonds is 0. The van der Waals surface area contributed by atoms with E-state index < -0.39 is 0 Å². The molecule has 0 aliphatic carbocycles. The SMILES string of the molecule is [Mn+2].[O-2].[O]=[Ru+]. The van der Waals surface area contributed by atoms with E-state index in [2.05, 4.69) is 0 Å². The molecule has 0 heterocycles. The minimum atomic E-state index is 0. The third-order valence-corrected chi connectivity index (χ3v) is 0. The second kappa shape index (κ2) is 40.3. The number of hydrogen-bond acceptors (Lipinski definition) is 1. The van der Waals surface area contributed by atoms with Crippen molar-refractivity contribution in [1.82, 2.24) is 0 Å². The fraction of sp³-hybridized carbons (Fsp3) is 0. The summed E-state index contributed by atoms with van der Waals surface area (Å²) < 4.78 is 8.18. The molecule has 1 radical (unpaired) electrons. The summed E-state index contributed by atoms with van der Waals surface area (Å²) in [5.74, 6) is 0. The molecule has 0 aromatic carbocycles. The molecule has 4 heavy (non-hydrogen) atoms. The Morgan fingerprint density at radius 1 is 1.25 bits per heavy atom. The first-order valence-corrected chi connectivity index (χ1v) is 0.854. The minimum absolute atomic E-state index is 0. The van der Waals surface area contributed by atoms with Crippen LogP contribution in [0.15, 0.2) is 0 Å². The fourth-order valence-electron chi connectivity index (χ4n) is 0. The molecular formula is MnO2Ru+. The van der Waals surface area contributed by atoms with Gasteiger partial charge in [-0.3, -0.25) is 0 Å². The molecule has 0 fully saturated rings. The summed E-state index contributed by atoms with van der Waals surface area (Å²) in [7, 11) is 0. The molecule has 0 bridgehead atoms. The Labute approximate surface area is 44.7 Å². The molecule has 4 heteroatoms. The van der Waals surface area contributed by atoms with Gasteiger partial charge in [0, 0.05) is 0 Å². The summed E-state index contributed by atoms with van der Waals surface area (Å²) in [5.41, 5.74) is 0. The predicted molar refractivity (Wildman–Crippen MR) is 1.37 cm³/mol. The predicted octanol–water partition coefficient (Wildman–Crippen LogP) is -0.243. The molecule has 0 rings (SSSR count). The van der Waals surface area contributed by atoms with Crippen LogP contribution < -0.4 is 0 Å². The monoisotopic (exact) mass is 189 g/mol. The van der Waals surface area contributed by atoms with Gasteiger partial charge in [-0.05, 0) is 0 Å². The molecular weight excluding hydrogens is 188 g/mol. The standard InChI is InChI=1S/Mn.2O.Ru/q+2;;-2;+1. The molecule has 0 spiro atoms. The van der Waals surface area contributed by atoms with Crippen molar-refractivity contribution in [3.8, 4) is 0 Å². The normalized spacial score (nSPS) is 1.00. The van der Waals surface area contributed by atoms with Crippen molar-refractivity contribution in [3.05, 3.63) is 0 Å². The van der Waals surface area contributed by atoms with Crippen LogP contribution in [0.2, 0.25) is 0 Å². The molecule has 0 saturated carbocycles. The summed E-state index contributed by atoms with van der Waals surface area (Å²) in [6.45, 7) is 0. The first-order valence-electron chi connectivity index (χ1n) is 0.144. The molecule has 0 saturated heterocycles. The summed E-state index contributed by atoms with van der Waals surface area (Å²) in [5, 5.41) is 0. The molecule has 0 amide bonds. The Balaban J connectivity index is -0.00000000500. The summed E-state index contributed by atoms with van der Waals surface area (Å²) in [6.07, 6.45) is 0. The Morgan fingerprint density at radius 3 is 1.25 bits per heavy atom. The van der Waals surface area contributed by atoms with Gasteiger partial charge in [-0.2, -0.15) is 0 Å². The van der Waals surface area contributed by atoms with Crippen LogP contribution in [-0.2, 0) is 44.4 Å². The summed E-state index contributed by atoms with van der Waals surface area (Å²) in [6, 6.07) is 0. The van der Waals surface area contributed by atoms with E-state index in [1.807, 2.05) is 0 Å². The van der Waals surface area contributed by atoms with Crippen molar-refractivity contribution in [2.24, 2.45) is 0 Å². The molecule has 2 nitrogen and oxygen atoms in total. The van der Waals surface area contributed by atoms with Gasteiger partial charge in [0.1, 0.15) is 0 Å². The molecule has 0 aromatic rings. The van der Waals surface area contributed by atoms with Gasteiger partial charge >= 0.3 is 38.9 Å². The molecule has 0 aliphatic heterocycles. The van der Waals surface area contributed by atoms with Crippen LogP contribution in [0.25, 0.3) is 0 Å². The van der Waals surface area contributed by atoms with Crippen LogP contribution >= 0.6 is 0 Å². The van der Waals surface area contributed by atoms with Gasteiger partial charge in [0.25, 0.3) is 0 Å². The Morgan fingerprint density at radius 2 is 1.25 bits per heavy atom. The first kappa shape index (κ1) is 20.6. The van der Waals surface area contributed by atoms with Crippen molar-refractivity contribution in [2.75, 3.05) is 0 Å². The van der Waals surface area contributed by atoms with Gasteiger partial charge in [0.05, 0.1) is 0 Å². The molecule has 0 aliphatic rings. The van der Waals surface area contributed by atoms with E-state index in [-0.39, 0.29) is 22.5 Å². The van der Waals surface area contributed by atoms with Gasteiger partial charge in [-0.1, -0.05) is 0 Å². The van der Waals surface area contributed by atoms with Gasteiger partial charge in [0.15, 0.2) is 0 Å². The van der Waals surface area contributed by atoms with E-state index in [1.165, 1.54) is 0 Å². The average Bonchev–Trinajstić information content (AvgIpc) is 1.00. The average molecular weight is 188 g/mol. The van der Waals surface area contributed by atoms with Gasteiger partial charge in [-0.15, -0.1) is 0 Å². The van der Waals surface area contributed by atoms with Crippen LogP contribution in [0.1, 0.15) is 0 Å². The third-order valence-electron chi connectivity index (χ3n) is 0. The topological polar surface area (TPSA) is 45.6 Å². The Hall–Kier alpha value is 0.903. The van der Waals surface area contributed by atoms with Crippen LogP contribution in [-0.4, -0.2) is 0 Å². The molecule has 26 valence electrons. The van der Waals surface area contributed by atoms with Crippen LogP contribution in [0.5, 0.6) is 0 Å². The summed E-state index contributed by atoms with van der Waals surface area (Å²) >= 11 is 1.10. The molecule has 0 aromatic heterocycles. The van der Waals surface area contributed by atoms with Gasteiger partial charge in [0.2, 0.25) is 0 Å². The number of hydrogen-bond donors (Lipinski definition) is 0. The zero-order valence-electron chi connectivity index (χ0n) is 1.55. The second-order valence-electron chi connectivity index (χ2n) is 0. The first-order chi connectivity index (χ1) is 1.00. The van der Waals surface area contributed by atoms with E-state index in [9.17, 15) is 0 Å². The Bertz CT molecular complexity index is 6.00. The fourth-order valence-corrected chi connectivity index (χ4v) is 0. The molecule has 0 atom stereocenters. The van der Waals surface area contributed by atoms with E-state index in [0.717, 1.165) is 18.3 Å².